The Labute approximate surface area is 110 Å². The third-order valence-corrected chi connectivity index (χ3v) is 5.10. The van der Waals surface area contributed by atoms with Gasteiger partial charge in [-0.25, -0.2) is 4.39 Å². The fourth-order valence-corrected chi connectivity index (χ4v) is 3.74. The van der Waals surface area contributed by atoms with Crippen LogP contribution in [0.2, 0.25) is 0 Å². The molecular weight excluding hydrogens is 225 g/mol. The number of hydrogen-bond donors (Lipinski definition) is 1. The van der Waals surface area contributed by atoms with Crippen LogP contribution in [0, 0.1) is 25.1 Å². The minimum absolute atomic E-state index is 0.0685. The van der Waals surface area contributed by atoms with Gasteiger partial charge in [0.1, 0.15) is 5.82 Å². The largest absolute Gasteiger partial charge is 0.327 e. The third kappa shape index (κ3) is 1.78. The van der Waals surface area contributed by atoms with E-state index in [4.69, 9.17) is 5.73 Å². The van der Waals surface area contributed by atoms with Gasteiger partial charge in [-0.1, -0.05) is 26.0 Å². The molecule has 2 heteroatoms. The molecule has 0 amide bonds. The molecule has 1 aromatic carbocycles. The van der Waals surface area contributed by atoms with E-state index in [0.29, 0.717) is 12.0 Å². The van der Waals surface area contributed by atoms with Gasteiger partial charge < -0.3 is 5.73 Å². The molecule has 0 bridgehead atoms. The van der Waals surface area contributed by atoms with Gasteiger partial charge in [0, 0.05) is 6.04 Å². The Morgan fingerprint density at radius 2 is 1.72 bits per heavy atom. The van der Waals surface area contributed by atoms with Gasteiger partial charge in [0.2, 0.25) is 0 Å². The van der Waals surface area contributed by atoms with E-state index in [1.54, 1.807) is 0 Å². The van der Waals surface area contributed by atoms with Gasteiger partial charge >= 0.3 is 0 Å². The molecule has 18 heavy (non-hydrogen) atoms. The maximum Gasteiger partial charge on any atom is 0.129 e. The van der Waals surface area contributed by atoms with Gasteiger partial charge in [0.05, 0.1) is 0 Å². The predicted octanol–water partition coefficient (Wildman–Crippen LogP) is 4.06. The summed E-state index contributed by atoms with van der Waals surface area (Å²) < 4.78 is 13.7. The summed E-state index contributed by atoms with van der Waals surface area (Å²) in [6.45, 7) is 8.14. The van der Waals surface area contributed by atoms with E-state index >= 15 is 0 Å². The molecule has 1 aliphatic rings. The van der Waals surface area contributed by atoms with Crippen molar-refractivity contribution in [1.82, 2.24) is 0 Å². The minimum atomic E-state index is -0.0685. The number of aryl methyl sites for hydroxylation is 2. The highest BCUT2D eigenvalue weighted by atomic mass is 19.1. The van der Waals surface area contributed by atoms with Crippen molar-refractivity contribution in [2.45, 2.75) is 58.9 Å². The molecule has 1 aromatic rings. The molecule has 2 rings (SSSR count). The summed E-state index contributed by atoms with van der Waals surface area (Å²) in [5.74, 6) is 0.432. The number of halogens is 1. The van der Waals surface area contributed by atoms with Crippen molar-refractivity contribution < 1.29 is 4.39 Å². The van der Waals surface area contributed by atoms with Gasteiger partial charge in [-0.05, 0) is 61.1 Å². The van der Waals surface area contributed by atoms with Crippen LogP contribution in [-0.4, -0.2) is 6.04 Å². The molecule has 1 fully saturated rings. The van der Waals surface area contributed by atoms with Crippen molar-refractivity contribution in [2.24, 2.45) is 11.1 Å². The second kappa shape index (κ2) is 4.65. The summed E-state index contributed by atoms with van der Waals surface area (Å²) in [6.07, 6.45) is 3.24. The minimum Gasteiger partial charge on any atom is -0.327 e. The van der Waals surface area contributed by atoms with Crippen LogP contribution in [0.15, 0.2) is 12.1 Å². The standard InChI is InChI=1S/C16H24FN/c1-5-16(6-2)13(9-14(16)18)12-7-10(3)15(17)11(4)8-12/h7-8,13-14H,5-6,9,18H2,1-4H3. The van der Waals surface area contributed by atoms with Crippen LogP contribution in [0.4, 0.5) is 4.39 Å². The molecule has 0 heterocycles. The van der Waals surface area contributed by atoms with Crippen molar-refractivity contribution in [1.29, 1.82) is 0 Å². The molecule has 2 unspecified atom stereocenters. The van der Waals surface area contributed by atoms with Crippen molar-refractivity contribution in [3.05, 3.63) is 34.6 Å². The van der Waals surface area contributed by atoms with Gasteiger partial charge in [0.25, 0.3) is 0 Å². The first-order valence-electron chi connectivity index (χ1n) is 6.98. The van der Waals surface area contributed by atoms with Crippen molar-refractivity contribution in [2.75, 3.05) is 0 Å². The van der Waals surface area contributed by atoms with Crippen molar-refractivity contribution in [3.63, 3.8) is 0 Å². The van der Waals surface area contributed by atoms with E-state index in [1.807, 2.05) is 26.0 Å². The molecule has 0 aromatic heterocycles. The molecule has 1 saturated carbocycles. The Bertz CT molecular complexity index is 425. The van der Waals surface area contributed by atoms with Crippen LogP contribution in [0.5, 0.6) is 0 Å². The fourth-order valence-electron chi connectivity index (χ4n) is 3.74. The number of hydrogen-bond acceptors (Lipinski definition) is 1. The molecule has 0 spiro atoms. The normalized spacial score (nSPS) is 25.9. The number of rotatable bonds is 3. The highest BCUT2D eigenvalue weighted by Gasteiger charge is 2.51. The molecule has 0 saturated heterocycles. The third-order valence-electron chi connectivity index (χ3n) is 5.10. The highest BCUT2D eigenvalue weighted by molar-refractivity contribution is 5.36. The SMILES string of the molecule is CCC1(CC)C(N)CC1c1cc(C)c(F)c(C)c1. The summed E-state index contributed by atoms with van der Waals surface area (Å²) in [4.78, 5) is 0. The van der Waals surface area contributed by atoms with E-state index in [-0.39, 0.29) is 11.2 Å². The van der Waals surface area contributed by atoms with Crippen LogP contribution in [-0.2, 0) is 0 Å². The fraction of sp³-hybridized carbons (Fsp3) is 0.625. The van der Waals surface area contributed by atoms with Gasteiger partial charge in [-0.2, -0.15) is 0 Å². The van der Waals surface area contributed by atoms with E-state index in [1.165, 1.54) is 5.56 Å². The zero-order valence-corrected chi connectivity index (χ0v) is 11.9. The molecular formula is C16H24FN. The Balaban J connectivity index is 2.39. The molecule has 100 valence electrons. The molecule has 2 N–H and O–H groups in total. The average Bonchev–Trinajstić information content (AvgIpc) is 2.34. The van der Waals surface area contributed by atoms with Crippen molar-refractivity contribution in [3.8, 4) is 0 Å². The smallest absolute Gasteiger partial charge is 0.129 e. The van der Waals surface area contributed by atoms with E-state index < -0.39 is 0 Å². The maximum absolute atomic E-state index is 13.7. The molecule has 0 radical (unpaired) electrons. The quantitative estimate of drug-likeness (QED) is 0.858. The second-order valence-electron chi connectivity index (χ2n) is 5.80. The Hall–Kier alpha value is -0.890. The first-order chi connectivity index (χ1) is 8.46. The van der Waals surface area contributed by atoms with Crippen LogP contribution in [0.25, 0.3) is 0 Å². The summed E-state index contributed by atoms with van der Waals surface area (Å²) in [5.41, 5.74) is 9.24. The van der Waals surface area contributed by atoms with E-state index in [2.05, 4.69) is 13.8 Å². The van der Waals surface area contributed by atoms with Gasteiger partial charge in [-0.3, -0.25) is 0 Å². The zero-order chi connectivity index (χ0) is 13.5. The Kier molecular flexibility index (Phi) is 3.50. The molecule has 2 atom stereocenters. The summed E-state index contributed by atoms with van der Waals surface area (Å²) >= 11 is 0. The van der Waals surface area contributed by atoms with Crippen LogP contribution < -0.4 is 5.73 Å². The average molecular weight is 249 g/mol. The Morgan fingerprint density at radius 3 is 2.11 bits per heavy atom. The number of benzene rings is 1. The van der Waals surface area contributed by atoms with Crippen LogP contribution in [0.1, 0.15) is 55.7 Å². The summed E-state index contributed by atoms with van der Waals surface area (Å²) in [6, 6.07) is 4.32. The molecule has 1 nitrogen and oxygen atoms in total. The monoisotopic (exact) mass is 249 g/mol. The molecule has 1 aliphatic carbocycles. The lowest BCUT2D eigenvalue weighted by atomic mass is 9.52. The first kappa shape index (κ1) is 13.5. The molecule has 0 aliphatic heterocycles. The van der Waals surface area contributed by atoms with Crippen LogP contribution >= 0.6 is 0 Å². The Morgan fingerprint density at radius 1 is 1.22 bits per heavy atom. The second-order valence-corrected chi connectivity index (χ2v) is 5.80. The lowest BCUT2D eigenvalue weighted by Crippen LogP contribution is -2.55. The summed E-state index contributed by atoms with van der Waals surface area (Å²) in [5, 5.41) is 0. The van der Waals surface area contributed by atoms with E-state index in [0.717, 1.165) is 30.4 Å². The predicted molar refractivity (Wildman–Crippen MR) is 74.2 cm³/mol. The zero-order valence-electron chi connectivity index (χ0n) is 11.9. The highest BCUT2D eigenvalue weighted by Crippen LogP contribution is 2.56. The topological polar surface area (TPSA) is 26.0 Å². The lowest BCUT2D eigenvalue weighted by molar-refractivity contribution is 0.0437. The maximum atomic E-state index is 13.7. The summed E-state index contributed by atoms with van der Waals surface area (Å²) in [7, 11) is 0. The first-order valence-corrected chi connectivity index (χ1v) is 6.98. The van der Waals surface area contributed by atoms with Gasteiger partial charge in [0.15, 0.2) is 0 Å². The van der Waals surface area contributed by atoms with Crippen LogP contribution in [0.3, 0.4) is 0 Å². The van der Waals surface area contributed by atoms with E-state index in [9.17, 15) is 4.39 Å². The number of nitrogens with two attached hydrogens (primary N) is 1. The lowest BCUT2D eigenvalue weighted by Gasteiger charge is -2.55. The van der Waals surface area contributed by atoms with Gasteiger partial charge in [-0.15, -0.1) is 0 Å². The van der Waals surface area contributed by atoms with Crippen molar-refractivity contribution >= 4 is 0 Å².